The van der Waals surface area contributed by atoms with E-state index in [1.54, 1.807) is 0 Å². The lowest BCUT2D eigenvalue weighted by molar-refractivity contribution is -0.171. The lowest BCUT2D eigenvalue weighted by atomic mass is 10.0. The summed E-state index contributed by atoms with van der Waals surface area (Å²) in [4.78, 5) is 10.8. The van der Waals surface area contributed by atoms with Crippen molar-refractivity contribution >= 4 is 18.0 Å². The zero-order valence-corrected chi connectivity index (χ0v) is 7.40. The van der Waals surface area contributed by atoms with Crippen LogP contribution in [0.3, 0.4) is 0 Å². The molecular weight excluding hydrogens is 170 g/mol. The molecule has 0 saturated heterocycles. The van der Waals surface area contributed by atoms with Crippen LogP contribution in [0.25, 0.3) is 0 Å². The molecule has 0 aromatic carbocycles. The van der Waals surface area contributed by atoms with Crippen LogP contribution >= 0.6 is 18.0 Å². The fourth-order valence-electron chi connectivity index (χ4n) is 1.39. The lowest BCUT2D eigenvalue weighted by Crippen LogP contribution is -2.16. The van der Waals surface area contributed by atoms with Crippen molar-refractivity contribution in [2.24, 2.45) is 0 Å². The number of halogens is 1. The van der Waals surface area contributed by atoms with Crippen LogP contribution in [0.1, 0.15) is 32.1 Å². The maximum atomic E-state index is 10.8. The molecule has 1 rings (SSSR count). The van der Waals surface area contributed by atoms with Gasteiger partial charge in [0.1, 0.15) is 6.72 Å². The van der Waals surface area contributed by atoms with Crippen molar-refractivity contribution in [1.82, 2.24) is 0 Å². The smallest absolute Gasteiger partial charge is 0.104 e. The molecule has 60 valence electrons. The molecule has 1 fully saturated rings. The molecule has 1 saturated carbocycles. The summed E-state index contributed by atoms with van der Waals surface area (Å²) in [6.07, 6.45) is 4.73. The van der Waals surface area contributed by atoms with Gasteiger partial charge >= 0.3 is 0 Å². The van der Waals surface area contributed by atoms with E-state index in [0.29, 0.717) is 0 Å². The van der Waals surface area contributed by atoms with Crippen LogP contribution in [-0.2, 0) is 4.57 Å². The molecule has 0 heterocycles. The number of rotatable bonds is 1. The number of hydrogen-bond donors (Lipinski definition) is 0. The molecule has 0 amide bonds. The molecule has 1 aliphatic carbocycles. The van der Waals surface area contributed by atoms with Crippen LogP contribution in [-0.4, -0.2) is 5.66 Å². The Morgan fingerprint density at radius 3 is 2.10 bits per heavy atom. The van der Waals surface area contributed by atoms with Crippen molar-refractivity contribution in [2.75, 3.05) is 0 Å². The summed E-state index contributed by atoms with van der Waals surface area (Å²) in [6.45, 7) is -3.52. The van der Waals surface area contributed by atoms with E-state index in [4.69, 9.17) is 11.2 Å². The predicted octanol–water partition coefficient (Wildman–Crippen LogP) is 2.11. The number of hydrogen-bond acceptors (Lipinski definition) is 2. The van der Waals surface area contributed by atoms with Crippen LogP contribution in [0, 0.1) is 0 Å². The SMILES string of the molecule is O=P([O-])(Cl)C1CCCCC1. The van der Waals surface area contributed by atoms with Crippen LogP contribution < -0.4 is 4.89 Å². The minimum atomic E-state index is -3.52. The summed E-state index contributed by atoms with van der Waals surface area (Å²) >= 11 is 5.21. The molecule has 1 aliphatic rings. The predicted molar refractivity (Wildman–Crippen MR) is 40.3 cm³/mol. The summed E-state index contributed by atoms with van der Waals surface area (Å²) in [6, 6.07) is 0. The van der Waals surface area contributed by atoms with Gasteiger partial charge in [-0.15, -0.1) is 0 Å². The van der Waals surface area contributed by atoms with E-state index < -0.39 is 6.72 Å². The van der Waals surface area contributed by atoms with Gasteiger partial charge in [-0.25, -0.2) is 0 Å². The molecule has 0 aromatic rings. The Hall–Kier alpha value is 0.480. The van der Waals surface area contributed by atoms with E-state index >= 15 is 0 Å². The quantitative estimate of drug-likeness (QED) is 0.582. The Kier molecular flexibility index (Phi) is 2.79. The molecule has 0 aliphatic heterocycles. The average molecular weight is 182 g/mol. The maximum absolute atomic E-state index is 10.8. The summed E-state index contributed by atoms with van der Waals surface area (Å²) in [5.41, 5.74) is -0.233. The van der Waals surface area contributed by atoms with E-state index in [-0.39, 0.29) is 5.66 Å². The van der Waals surface area contributed by atoms with Crippen LogP contribution in [0.5, 0.6) is 0 Å². The Morgan fingerprint density at radius 1 is 1.30 bits per heavy atom. The minimum Gasteiger partial charge on any atom is -0.788 e. The van der Waals surface area contributed by atoms with Gasteiger partial charge in [-0.1, -0.05) is 30.5 Å². The molecule has 0 spiro atoms. The van der Waals surface area contributed by atoms with Crippen molar-refractivity contribution in [3.05, 3.63) is 0 Å². The lowest BCUT2D eigenvalue weighted by Gasteiger charge is -2.29. The third-order valence-corrected chi connectivity index (χ3v) is 4.23. The summed E-state index contributed by atoms with van der Waals surface area (Å²) in [5, 5.41) is 0. The Bertz CT molecular complexity index is 148. The Morgan fingerprint density at radius 2 is 1.80 bits per heavy atom. The minimum absolute atomic E-state index is 0.233. The second-order valence-corrected chi connectivity index (χ2v) is 6.00. The monoisotopic (exact) mass is 181 g/mol. The molecule has 10 heavy (non-hydrogen) atoms. The molecule has 1 unspecified atom stereocenters. The first-order valence-electron chi connectivity index (χ1n) is 3.61. The molecule has 4 heteroatoms. The van der Waals surface area contributed by atoms with Gasteiger partial charge in [0, 0.05) is 5.66 Å². The highest BCUT2D eigenvalue weighted by atomic mass is 35.7. The summed E-state index contributed by atoms with van der Waals surface area (Å²) in [5.74, 6) is 0. The summed E-state index contributed by atoms with van der Waals surface area (Å²) < 4.78 is 10.8. The van der Waals surface area contributed by atoms with Crippen LogP contribution in [0.4, 0.5) is 0 Å². The second-order valence-electron chi connectivity index (χ2n) is 2.81. The second kappa shape index (κ2) is 3.25. The topological polar surface area (TPSA) is 40.1 Å². The third kappa shape index (κ3) is 2.26. The first-order chi connectivity index (χ1) is 4.61. The van der Waals surface area contributed by atoms with Gasteiger partial charge in [0.15, 0.2) is 0 Å². The van der Waals surface area contributed by atoms with Crippen molar-refractivity contribution in [1.29, 1.82) is 0 Å². The highest BCUT2D eigenvalue weighted by Gasteiger charge is 2.21. The van der Waals surface area contributed by atoms with Gasteiger partial charge in [-0.2, -0.15) is 0 Å². The van der Waals surface area contributed by atoms with Gasteiger partial charge in [0.2, 0.25) is 0 Å². The largest absolute Gasteiger partial charge is 0.788 e. The normalized spacial score (nSPS) is 27.8. The van der Waals surface area contributed by atoms with Gasteiger partial charge in [0.25, 0.3) is 0 Å². The van der Waals surface area contributed by atoms with Gasteiger partial charge in [-0.3, -0.25) is 0 Å². The van der Waals surface area contributed by atoms with Crippen LogP contribution in [0.2, 0.25) is 0 Å². The van der Waals surface area contributed by atoms with E-state index in [0.717, 1.165) is 32.1 Å². The van der Waals surface area contributed by atoms with Gasteiger partial charge < -0.3 is 9.46 Å². The average Bonchev–Trinajstić information content (AvgIpc) is 1.88. The fraction of sp³-hybridized carbons (Fsp3) is 1.00. The fourth-order valence-corrected chi connectivity index (χ4v) is 2.96. The van der Waals surface area contributed by atoms with E-state index in [9.17, 15) is 9.46 Å². The van der Waals surface area contributed by atoms with Crippen molar-refractivity contribution in [3.8, 4) is 0 Å². The van der Waals surface area contributed by atoms with E-state index in [1.807, 2.05) is 0 Å². The van der Waals surface area contributed by atoms with Gasteiger partial charge in [-0.05, 0) is 12.8 Å². The third-order valence-electron chi connectivity index (χ3n) is 2.01. The standard InChI is InChI=1S/C6H12ClO2P/c7-10(8,9)6-4-2-1-3-5-6/h6H,1-5H2,(H,8,9)/p-1. The first kappa shape index (κ1) is 8.58. The highest BCUT2D eigenvalue weighted by molar-refractivity contribution is 7.84. The maximum Gasteiger partial charge on any atom is 0.104 e. The molecule has 1 atom stereocenters. The van der Waals surface area contributed by atoms with Crippen molar-refractivity contribution in [3.63, 3.8) is 0 Å². The first-order valence-corrected chi connectivity index (χ1v) is 6.21. The van der Waals surface area contributed by atoms with Crippen LogP contribution in [0.15, 0.2) is 0 Å². The summed E-state index contributed by atoms with van der Waals surface area (Å²) in [7, 11) is 0. The molecule has 0 aromatic heterocycles. The highest BCUT2D eigenvalue weighted by Crippen LogP contribution is 2.52. The molecule has 2 nitrogen and oxygen atoms in total. The molecule has 0 N–H and O–H groups in total. The van der Waals surface area contributed by atoms with E-state index in [1.165, 1.54) is 0 Å². The zero-order valence-electron chi connectivity index (χ0n) is 5.75. The van der Waals surface area contributed by atoms with E-state index in [2.05, 4.69) is 0 Å². The molecule has 0 radical (unpaired) electrons. The molecule has 0 bridgehead atoms. The molecular formula is C6H11ClO2P-. The zero-order chi connectivity index (χ0) is 7.61. The van der Waals surface area contributed by atoms with Crippen molar-refractivity contribution in [2.45, 2.75) is 37.8 Å². The Labute approximate surface area is 65.8 Å². The van der Waals surface area contributed by atoms with Gasteiger partial charge in [0.05, 0.1) is 0 Å². The van der Waals surface area contributed by atoms with Crippen molar-refractivity contribution < 1.29 is 9.46 Å². The Balaban J connectivity index is 2.47.